The molecule has 2 rings (SSSR count). The second-order valence-electron chi connectivity index (χ2n) is 6.61. The number of hydrogen-bond donors (Lipinski definition) is 2. The second-order valence-corrected chi connectivity index (χ2v) is 6.61. The van der Waals surface area contributed by atoms with Crippen molar-refractivity contribution in [2.75, 3.05) is 33.4 Å². The fourth-order valence-electron chi connectivity index (χ4n) is 2.64. The van der Waals surface area contributed by atoms with Crippen LogP contribution in [0.5, 0.6) is 11.5 Å². The molecular formula is C22H31IN4O3. The number of likely N-dealkylation sites (N-methyl/N-ethyl adjacent to an activating group) is 1. The fourth-order valence-corrected chi connectivity index (χ4v) is 2.64. The molecule has 0 aliphatic carbocycles. The first kappa shape index (κ1) is 25.5. The number of carbonyl (C=O) groups is 1. The van der Waals surface area contributed by atoms with Gasteiger partial charge in [0.25, 0.3) is 5.91 Å². The van der Waals surface area contributed by atoms with Crippen molar-refractivity contribution in [3.8, 4) is 11.5 Å². The molecule has 0 aliphatic heterocycles. The lowest BCUT2D eigenvalue weighted by molar-refractivity contribution is -0.119. The Bertz CT molecular complexity index is 830. The number of carbonyl (C=O) groups excluding carboxylic acids is 1. The topological polar surface area (TPSA) is 89.2 Å². The Kier molecular flexibility index (Phi) is 11.7. The molecule has 0 radical (unpaired) electrons. The van der Waals surface area contributed by atoms with Gasteiger partial charge in [0.05, 0.1) is 13.1 Å². The van der Waals surface area contributed by atoms with Gasteiger partial charge in [-0.25, -0.2) is 4.99 Å². The SMILES string of the molecule is CCNC(=NCc1cccc(OCC(N)=O)c1)N(C)CCOc1ccccc1C.I. The third kappa shape index (κ3) is 8.89. The molecule has 0 aromatic heterocycles. The Balaban J connectivity index is 0.00000450. The number of rotatable bonds is 10. The number of aliphatic imine (C=N–C) groups is 1. The molecule has 164 valence electrons. The number of ether oxygens (including phenoxy) is 2. The Morgan fingerprint density at radius 2 is 1.93 bits per heavy atom. The van der Waals surface area contributed by atoms with E-state index in [1.165, 1.54) is 0 Å². The average Bonchev–Trinajstić information content (AvgIpc) is 2.71. The Morgan fingerprint density at radius 1 is 1.17 bits per heavy atom. The van der Waals surface area contributed by atoms with E-state index in [2.05, 4.69) is 5.32 Å². The summed E-state index contributed by atoms with van der Waals surface area (Å²) < 4.78 is 11.2. The number of hydrogen-bond acceptors (Lipinski definition) is 4. The molecule has 0 unspecified atom stereocenters. The molecule has 0 fully saturated rings. The highest BCUT2D eigenvalue weighted by Crippen LogP contribution is 2.16. The molecule has 8 heteroatoms. The first-order valence-corrected chi connectivity index (χ1v) is 9.67. The van der Waals surface area contributed by atoms with Crippen molar-refractivity contribution in [2.24, 2.45) is 10.7 Å². The molecular weight excluding hydrogens is 495 g/mol. The summed E-state index contributed by atoms with van der Waals surface area (Å²) >= 11 is 0. The van der Waals surface area contributed by atoms with Gasteiger partial charge in [-0.05, 0) is 43.2 Å². The molecule has 0 aliphatic rings. The largest absolute Gasteiger partial charge is 0.491 e. The summed E-state index contributed by atoms with van der Waals surface area (Å²) in [5.74, 6) is 1.79. The molecule has 0 spiro atoms. The van der Waals surface area contributed by atoms with Crippen LogP contribution in [0.2, 0.25) is 0 Å². The van der Waals surface area contributed by atoms with Crippen molar-refractivity contribution >= 4 is 35.8 Å². The van der Waals surface area contributed by atoms with Crippen LogP contribution in [0.25, 0.3) is 0 Å². The minimum absolute atomic E-state index is 0. The van der Waals surface area contributed by atoms with Crippen LogP contribution in [0.1, 0.15) is 18.1 Å². The number of para-hydroxylation sites is 1. The highest BCUT2D eigenvalue weighted by molar-refractivity contribution is 14.0. The number of guanidine groups is 1. The van der Waals surface area contributed by atoms with Gasteiger partial charge >= 0.3 is 0 Å². The van der Waals surface area contributed by atoms with Crippen LogP contribution >= 0.6 is 24.0 Å². The zero-order chi connectivity index (χ0) is 21.1. The van der Waals surface area contributed by atoms with E-state index in [1.807, 2.05) is 68.3 Å². The summed E-state index contributed by atoms with van der Waals surface area (Å²) in [4.78, 5) is 17.6. The summed E-state index contributed by atoms with van der Waals surface area (Å²) in [5.41, 5.74) is 7.22. The van der Waals surface area contributed by atoms with E-state index in [4.69, 9.17) is 20.2 Å². The van der Waals surface area contributed by atoms with Crippen LogP contribution in [-0.2, 0) is 11.3 Å². The van der Waals surface area contributed by atoms with Gasteiger partial charge in [0.2, 0.25) is 0 Å². The van der Waals surface area contributed by atoms with Gasteiger partial charge in [-0.2, -0.15) is 0 Å². The van der Waals surface area contributed by atoms with Crippen LogP contribution in [0, 0.1) is 6.92 Å². The minimum atomic E-state index is -0.502. The van der Waals surface area contributed by atoms with Gasteiger partial charge in [0, 0.05) is 13.6 Å². The number of aryl methyl sites for hydroxylation is 1. The number of benzene rings is 2. The Labute approximate surface area is 195 Å². The minimum Gasteiger partial charge on any atom is -0.491 e. The molecule has 30 heavy (non-hydrogen) atoms. The third-order valence-corrected chi connectivity index (χ3v) is 4.17. The number of nitrogens with one attached hydrogen (secondary N) is 1. The molecule has 0 saturated heterocycles. The summed E-state index contributed by atoms with van der Waals surface area (Å²) in [6.45, 7) is 6.43. The van der Waals surface area contributed by atoms with Crippen molar-refractivity contribution in [1.82, 2.24) is 10.2 Å². The summed E-state index contributed by atoms with van der Waals surface area (Å²) in [7, 11) is 1.98. The van der Waals surface area contributed by atoms with Crippen molar-refractivity contribution in [3.05, 3.63) is 59.7 Å². The molecule has 0 atom stereocenters. The monoisotopic (exact) mass is 526 g/mol. The lowest BCUT2D eigenvalue weighted by Crippen LogP contribution is -2.40. The smallest absolute Gasteiger partial charge is 0.255 e. The van der Waals surface area contributed by atoms with E-state index in [-0.39, 0.29) is 30.6 Å². The van der Waals surface area contributed by atoms with Gasteiger partial charge in [-0.3, -0.25) is 4.79 Å². The summed E-state index contributed by atoms with van der Waals surface area (Å²) in [6, 6.07) is 15.5. The van der Waals surface area contributed by atoms with Crippen molar-refractivity contribution in [3.63, 3.8) is 0 Å². The standard InChI is InChI=1S/C22H30N4O3.HI/c1-4-24-22(26(3)12-13-28-20-11-6-5-8-17(20)2)25-15-18-9-7-10-19(14-18)29-16-21(23)27;/h5-11,14H,4,12-13,15-16H2,1-3H3,(H2,23,27)(H,24,25);1H. The molecule has 2 aromatic carbocycles. The maximum atomic E-state index is 10.9. The number of nitrogens with zero attached hydrogens (tertiary/aromatic N) is 2. The fraction of sp³-hybridized carbons (Fsp3) is 0.364. The lowest BCUT2D eigenvalue weighted by Gasteiger charge is -2.22. The van der Waals surface area contributed by atoms with E-state index in [0.717, 1.165) is 29.4 Å². The van der Waals surface area contributed by atoms with Crippen LogP contribution in [0.4, 0.5) is 0 Å². The van der Waals surface area contributed by atoms with Crippen molar-refractivity contribution in [2.45, 2.75) is 20.4 Å². The molecule has 0 bridgehead atoms. The number of halogens is 1. The van der Waals surface area contributed by atoms with Gasteiger partial charge in [0.15, 0.2) is 12.6 Å². The lowest BCUT2D eigenvalue weighted by atomic mass is 10.2. The number of amides is 1. The molecule has 2 aromatic rings. The van der Waals surface area contributed by atoms with Crippen LogP contribution < -0.4 is 20.5 Å². The van der Waals surface area contributed by atoms with Crippen LogP contribution in [0.15, 0.2) is 53.5 Å². The van der Waals surface area contributed by atoms with E-state index < -0.39 is 5.91 Å². The zero-order valence-electron chi connectivity index (χ0n) is 17.8. The maximum absolute atomic E-state index is 10.9. The first-order valence-electron chi connectivity index (χ1n) is 9.67. The van der Waals surface area contributed by atoms with Gasteiger partial charge in [0.1, 0.15) is 18.1 Å². The number of nitrogens with two attached hydrogens (primary N) is 1. The molecule has 0 saturated carbocycles. The molecule has 1 amide bonds. The zero-order valence-corrected chi connectivity index (χ0v) is 20.1. The third-order valence-electron chi connectivity index (χ3n) is 4.17. The average molecular weight is 526 g/mol. The Morgan fingerprint density at radius 3 is 2.63 bits per heavy atom. The van der Waals surface area contributed by atoms with E-state index >= 15 is 0 Å². The second kappa shape index (κ2) is 13.7. The first-order chi connectivity index (χ1) is 14.0. The van der Waals surface area contributed by atoms with Gasteiger partial charge in [-0.1, -0.05) is 30.3 Å². The highest BCUT2D eigenvalue weighted by Gasteiger charge is 2.07. The molecule has 3 N–H and O–H groups in total. The van der Waals surface area contributed by atoms with Gasteiger partial charge < -0.3 is 25.4 Å². The highest BCUT2D eigenvalue weighted by atomic mass is 127. The van der Waals surface area contributed by atoms with E-state index in [1.54, 1.807) is 6.07 Å². The summed E-state index contributed by atoms with van der Waals surface area (Å²) in [6.07, 6.45) is 0. The Hall–Kier alpha value is -2.49. The quantitative estimate of drug-likeness (QED) is 0.283. The van der Waals surface area contributed by atoms with Crippen LogP contribution in [-0.4, -0.2) is 50.1 Å². The summed E-state index contributed by atoms with van der Waals surface area (Å²) in [5, 5.41) is 3.30. The van der Waals surface area contributed by atoms with E-state index in [9.17, 15) is 4.79 Å². The molecule has 0 heterocycles. The van der Waals surface area contributed by atoms with E-state index in [0.29, 0.717) is 25.4 Å². The normalized spacial score (nSPS) is 10.7. The number of primary amides is 1. The molecule has 7 nitrogen and oxygen atoms in total. The van der Waals surface area contributed by atoms with Crippen molar-refractivity contribution < 1.29 is 14.3 Å². The predicted octanol–water partition coefficient (Wildman–Crippen LogP) is 2.95. The predicted molar refractivity (Wildman–Crippen MR) is 131 cm³/mol. The van der Waals surface area contributed by atoms with Crippen molar-refractivity contribution in [1.29, 1.82) is 0 Å². The maximum Gasteiger partial charge on any atom is 0.255 e. The van der Waals surface area contributed by atoms with Crippen LogP contribution in [0.3, 0.4) is 0 Å². The van der Waals surface area contributed by atoms with Gasteiger partial charge in [-0.15, -0.1) is 24.0 Å².